The van der Waals surface area contributed by atoms with Gasteiger partial charge in [-0.25, -0.2) is 4.79 Å². The first-order chi connectivity index (χ1) is 12.6. The minimum atomic E-state index is -1.41. The predicted molar refractivity (Wildman–Crippen MR) is 91.1 cm³/mol. The zero-order valence-corrected chi connectivity index (χ0v) is 19.0. The molecule has 10 nitrogen and oxygen atoms in total. The molecule has 3 atom stereocenters. The molecule has 28 heavy (non-hydrogen) atoms. The average molecular weight is 463 g/mol. The first-order valence-electron chi connectivity index (χ1n) is 8.23. The van der Waals surface area contributed by atoms with Crippen molar-refractivity contribution in [1.29, 1.82) is 0 Å². The fraction of sp³-hybridized carbons (Fsp3) is 0.562. The minimum Gasteiger partial charge on any atom is -0.862 e. The van der Waals surface area contributed by atoms with Crippen molar-refractivity contribution in [3.05, 3.63) is 11.3 Å². The molecule has 0 aromatic rings. The van der Waals surface area contributed by atoms with Crippen molar-refractivity contribution in [2.45, 2.75) is 50.1 Å². The predicted octanol–water partition coefficient (Wildman–Crippen LogP) is -2.41. The monoisotopic (exact) mass is 461 g/mol. The number of rotatable bonds is 9. The smallest absolute Gasteiger partial charge is 0.862 e. The van der Waals surface area contributed by atoms with Crippen LogP contribution < -0.4 is 15.9 Å². The number of hydrogen-bond acceptors (Lipinski definition) is 9. The largest absolute Gasteiger partial charge is 2.00 e. The van der Waals surface area contributed by atoms with Gasteiger partial charge >= 0.3 is 25.4 Å². The maximum atomic E-state index is 12.3. The molecule has 2 heterocycles. The molecule has 0 aromatic heterocycles. The molecule has 0 saturated carbocycles. The van der Waals surface area contributed by atoms with Crippen molar-refractivity contribution in [3.63, 3.8) is 0 Å². The quantitative estimate of drug-likeness (QED) is 0.163. The summed E-state index contributed by atoms with van der Waals surface area (Å²) in [4.78, 5) is 50.6. The summed E-state index contributed by atoms with van der Waals surface area (Å²) in [5, 5.41) is 31.2. The molecule has 0 unspecified atom stereocenters. The van der Waals surface area contributed by atoms with E-state index in [1.54, 1.807) is 0 Å². The van der Waals surface area contributed by atoms with Gasteiger partial charge < -0.3 is 25.8 Å². The summed E-state index contributed by atoms with van der Waals surface area (Å²) in [6.45, 7) is 1.34. The van der Waals surface area contributed by atoms with E-state index in [0.29, 0.717) is 5.57 Å². The Bertz CT molecular complexity index is 740. The van der Waals surface area contributed by atoms with E-state index in [1.807, 2.05) is 0 Å². The Morgan fingerprint density at radius 3 is 2.57 bits per heavy atom. The number of carboxylic acid groups (broad SMARTS) is 2. The van der Waals surface area contributed by atoms with Crippen molar-refractivity contribution in [2.24, 2.45) is 10.7 Å². The van der Waals surface area contributed by atoms with Crippen LogP contribution in [0.1, 0.15) is 32.6 Å². The van der Waals surface area contributed by atoms with Crippen molar-refractivity contribution in [1.82, 2.24) is 4.90 Å². The van der Waals surface area contributed by atoms with Crippen molar-refractivity contribution < 1.29 is 54.0 Å². The van der Waals surface area contributed by atoms with E-state index in [2.05, 4.69) is 4.99 Å². The average Bonchev–Trinajstić information content (AvgIpc) is 2.58. The van der Waals surface area contributed by atoms with E-state index in [-0.39, 0.29) is 62.4 Å². The van der Waals surface area contributed by atoms with Crippen LogP contribution in [-0.4, -0.2) is 62.7 Å². The molecule has 2 aliphatic rings. The van der Waals surface area contributed by atoms with Gasteiger partial charge in [0.2, 0.25) is 0 Å². The number of fused-ring (bicyclic) bond motifs is 1. The number of nitrogens with two attached hydrogens (primary N) is 1. The second-order valence-electron chi connectivity index (χ2n) is 6.33. The van der Waals surface area contributed by atoms with Gasteiger partial charge in [-0.15, -0.1) is 11.8 Å². The molecule has 12 heteroatoms. The molecule has 148 valence electrons. The summed E-state index contributed by atoms with van der Waals surface area (Å²) in [7, 11) is 0. The molecule has 2 rings (SSSR count). The van der Waals surface area contributed by atoms with E-state index >= 15 is 0 Å². The van der Waals surface area contributed by atoms with Gasteiger partial charge in [0.05, 0.1) is 5.97 Å². The van der Waals surface area contributed by atoms with Crippen LogP contribution in [0.4, 0.5) is 0 Å². The molecule has 1 saturated heterocycles. The third-order valence-corrected chi connectivity index (χ3v) is 5.50. The third kappa shape index (κ3) is 5.39. The normalized spacial score (nSPS) is 22.7. The SMILES string of the molecule is CC(=O)CC1=C(C(=O)O)N2C(=O)[C@@H](N=C([O-])CCC[C@@H](N)C(=O)[O-])[C@H]2SC1.[Zn+2]. The zero-order valence-electron chi connectivity index (χ0n) is 15.3. The third-order valence-electron chi connectivity index (χ3n) is 4.18. The van der Waals surface area contributed by atoms with Gasteiger partial charge in [-0.2, -0.15) is 0 Å². The number of carbonyl (C=O) groups is 4. The molecular weight excluding hydrogens is 444 g/mol. The van der Waals surface area contributed by atoms with Gasteiger partial charge in [0, 0.05) is 18.2 Å². The molecule has 0 aliphatic carbocycles. The van der Waals surface area contributed by atoms with Gasteiger partial charge in [-0.1, -0.05) is 0 Å². The molecule has 2 aliphatic heterocycles. The Kier molecular flexibility index (Phi) is 8.78. The number of nitrogens with zero attached hydrogens (tertiary/aromatic N) is 2. The molecule has 1 amide bonds. The number of amides is 1. The molecule has 0 radical (unpaired) electrons. The Morgan fingerprint density at radius 1 is 1.39 bits per heavy atom. The maximum absolute atomic E-state index is 12.3. The molecule has 3 N–H and O–H groups in total. The number of aliphatic carboxylic acids is 2. The molecule has 0 spiro atoms. The summed E-state index contributed by atoms with van der Waals surface area (Å²) < 4.78 is 0. The number of ketones is 1. The van der Waals surface area contributed by atoms with Crippen LogP contribution in [-0.2, 0) is 38.7 Å². The number of aliphatic imine (C=N–C) groups is 1. The van der Waals surface area contributed by atoms with Gasteiger partial charge in [0.1, 0.15) is 16.9 Å². The first kappa shape index (κ1) is 24.3. The molecule has 0 aromatic carbocycles. The van der Waals surface area contributed by atoms with Gasteiger partial charge in [-0.05, 0) is 37.7 Å². The molecule has 1 fully saturated rings. The maximum Gasteiger partial charge on any atom is 2.00 e. The zero-order chi connectivity index (χ0) is 20.3. The van der Waals surface area contributed by atoms with Crippen LogP contribution in [0.3, 0.4) is 0 Å². The summed E-state index contributed by atoms with van der Waals surface area (Å²) in [5.41, 5.74) is 5.44. The number of carbonyl (C=O) groups excluding carboxylic acids is 3. The van der Waals surface area contributed by atoms with E-state index in [0.717, 1.165) is 4.90 Å². The van der Waals surface area contributed by atoms with Gasteiger partial charge in [-0.3, -0.25) is 19.5 Å². The second-order valence-corrected chi connectivity index (χ2v) is 7.44. The van der Waals surface area contributed by atoms with E-state index in [4.69, 9.17) is 5.73 Å². The number of carboxylic acids is 2. The standard InChI is InChI=1S/C16H21N3O7S.Zn/c1-7(20)5-8-6-27-14-11(13(22)19(14)12(8)16(25)26)18-10(21)4-2-3-9(17)15(23)24;/h9,11,14H,2-6,17H2,1H3,(H,18,21)(H,23,24)(H,25,26);/q;+2/p-2/t9-,11-,14-;/m1./s1. The van der Waals surface area contributed by atoms with E-state index in [1.165, 1.54) is 18.7 Å². The topological polar surface area (TPSA) is 176 Å². The number of β-lactam (4-membered cyclic amide) rings is 1. The van der Waals surface area contributed by atoms with Crippen molar-refractivity contribution in [3.8, 4) is 0 Å². The number of thioether (sulfide) groups is 1. The summed E-state index contributed by atoms with van der Waals surface area (Å²) in [5.74, 6) is -3.83. The van der Waals surface area contributed by atoms with Crippen LogP contribution in [0, 0.1) is 0 Å². The first-order valence-corrected chi connectivity index (χ1v) is 9.28. The van der Waals surface area contributed by atoms with Crippen LogP contribution >= 0.6 is 11.8 Å². The fourth-order valence-electron chi connectivity index (χ4n) is 2.90. The Balaban J connectivity index is 0.00000392. The van der Waals surface area contributed by atoms with Gasteiger partial charge in [0.15, 0.2) is 6.04 Å². The summed E-state index contributed by atoms with van der Waals surface area (Å²) >= 11 is 1.25. The number of Topliss-reactive ketones (excluding diaryl/α,β-unsaturated/α-hetero) is 1. The number of hydrogen-bond donors (Lipinski definition) is 2. The van der Waals surface area contributed by atoms with Crippen LogP contribution in [0.2, 0.25) is 0 Å². The Hall–Kier alpha value is -1.78. The van der Waals surface area contributed by atoms with E-state index in [9.17, 15) is 34.5 Å². The van der Waals surface area contributed by atoms with Crippen molar-refractivity contribution in [2.75, 3.05) is 5.75 Å². The molecule has 0 bridgehead atoms. The van der Waals surface area contributed by atoms with Gasteiger partial charge in [0.25, 0.3) is 5.91 Å². The Labute approximate surface area is 178 Å². The summed E-state index contributed by atoms with van der Waals surface area (Å²) in [6.07, 6.45) is 0.111. The van der Waals surface area contributed by atoms with Crippen LogP contribution in [0.25, 0.3) is 0 Å². The Morgan fingerprint density at radius 2 is 2.04 bits per heavy atom. The molecular formula is C16H19N3O7SZn. The van der Waals surface area contributed by atoms with Crippen LogP contribution in [0.15, 0.2) is 16.3 Å². The fourth-order valence-corrected chi connectivity index (χ4v) is 4.22. The second kappa shape index (κ2) is 10.1. The van der Waals surface area contributed by atoms with Crippen molar-refractivity contribution >= 4 is 41.3 Å². The van der Waals surface area contributed by atoms with E-state index < -0.39 is 41.2 Å². The van der Waals surface area contributed by atoms with Crippen LogP contribution in [0.5, 0.6) is 0 Å². The minimum absolute atomic E-state index is 0. The summed E-state index contributed by atoms with van der Waals surface area (Å²) in [6, 6.07) is -2.15.